The molecule has 2 amide bonds. The summed E-state index contributed by atoms with van der Waals surface area (Å²) >= 11 is 0. The van der Waals surface area contributed by atoms with Gasteiger partial charge in [0.1, 0.15) is 0 Å². The minimum Gasteiger partial charge on any atom is -0.355 e. The number of nitrogens with zero attached hydrogens (tertiary/aromatic N) is 2. The molecule has 2 aromatic rings. The highest BCUT2D eigenvalue weighted by molar-refractivity contribution is 7.92. The fourth-order valence-corrected chi connectivity index (χ4v) is 4.90. The molecule has 9 heteroatoms. The fourth-order valence-electron chi connectivity index (χ4n) is 3.87. The zero-order valence-corrected chi connectivity index (χ0v) is 19.6. The number of piperidine rings is 1. The molecule has 174 valence electrons. The molecular weight excluding hydrogens is 440 g/mol. The van der Waals surface area contributed by atoms with Crippen molar-refractivity contribution >= 4 is 27.5 Å². The number of amides is 2. The Kier molecular flexibility index (Phi) is 7.71. The summed E-state index contributed by atoms with van der Waals surface area (Å²) in [7, 11) is -3.67. The van der Waals surface area contributed by atoms with Crippen LogP contribution in [-0.2, 0) is 14.8 Å². The normalized spacial score (nSPS) is 14.4. The molecule has 0 aromatic heterocycles. The van der Waals surface area contributed by atoms with E-state index in [-0.39, 0.29) is 24.1 Å². The molecule has 0 atom stereocenters. The Balaban J connectivity index is 1.63. The SMILES string of the molecule is CC(=O)NCCS(=O)(=O)Nc1cc(C(=O)N2CCC(c3ccc(C#N)cc3)CC2)ccc1C. The molecule has 1 aliphatic rings. The van der Waals surface area contributed by atoms with Crippen molar-refractivity contribution in [3.05, 3.63) is 64.7 Å². The quantitative estimate of drug-likeness (QED) is 0.648. The second kappa shape index (κ2) is 10.5. The molecule has 0 saturated carbocycles. The number of carbonyl (C=O) groups excluding carboxylic acids is 2. The lowest BCUT2D eigenvalue weighted by atomic mass is 9.89. The summed E-state index contributed by atoms with van der Waals surface area (Å²) in [5, 5.41) is 11.4. The summed E-state index contributed by atoms with van der Waals surface area (Å²) < 4.78 is 27.2. The first-order valence-electron chi connectivity index (χ1n) is 10.8. The Morgan fingerprint density at radius 1 is 1.12 bits per heavy atom. The molecule has 8 nitrogen and oxygen atoms in total. The second-order valence-electron chi connectivity index (χ2n) is 8.23. The lowest BCUT2D eigenvalue weighted by Gasteiger charge is -2.32. The van der Waals surface area contributed by atoms with Crippen LogP contribution in [0.1, 0.15) is 52.7 Å². The summed E-state index contributed by atoms with van der Waals surface area (Å²) in [5.41, 5.74) is 3.29. The van der Waals surface area contributed by atoms with Gasteiger partial charge in [-0.15, -0.1) is 0 Å². The zero-order chi connectivity index (χ0) is 24.0. The van der Waals surface area contributed by atoms with Crippen LogP contribution in [0.3, 0.4) is 0 Å². The first kappa shape index (κ1) is 24.3. The molecule has 1 heterocycles. The number of carbonyl (C=O) groups is 2. The van der Waals surface area contributed by atoms with Crippen LogP contribution >= 0.6 is 0 Å². The minimum atomic E-state index is -3.67. The molecule has 1 fully saturated rings. The highest BCUT2D eigenvalue weighted by Crippen LogP contribution is 2.29. The van der Waals surface area contributed by atoms with E-state index in [2.05, 4.69) is 16.1 Å². The van der Waals surface area contributed by atoms with Gasteiger partial charge in [-0.1, -0.05) is 18.2 Å². The third-order valence-corrected chi connectivity index (χ3v) is 7.06. The van der Waals surface area contributed by atoms with Crippen LogP contribution in [0.2, 0.25) is 0 Å². The number of benzene rings is 2. The van der Waals surface area contributed by atoms with Crippen LogP contribution in [0.4, 0.5) is 5.69 Å². The lowest BCUT2D eigenvalue weighted by molar-refractivity contribution is -0.118. The van der Waals surface area contributed by atoms with Gasteiger partial charge in [0, 0.05) is 32.1 Å². The van der Waals surface area contributed by atoms with E-state index >= 15 is 0 Å². The molecule has 3 rings (SSSR count). The topological polar surface area (TPSA) is 119 Å². The van der Waals surface area contributed by atoms with E-state index in [0.29, 0.717) is 41.4 Å². The van der Waals surface area contributed by atoms with Gasteiger partial charge in [0.05, 0.1) is 23.1 Å². The third-order valence-electron chi connectivity index (χ3n) is 5.79. The molecule has 0 unspecified atom stereocenters. The van der Waals surface area contributed by atoms with Gasteiger partial charge >= 0.3 is 0 Å². The van der Waals surface area contributed by atoms with Crippen molar-refractivity contribution in [2.24, 2.45) is 0 Å². The Hall–Kier alpha value is -3.38. The van der Waals surface area contributed by atoms with Crippen molar-refractivity contribution in [1.29, 1.82) is 5.26 Å². The van der Waals surface area contributed by atoms with Gasteiger partial charge < -0.3 is 10.2 Å². The van der Waals surface area contributed by atoms with E-state index in [1.54, 1.807) is 30.0 Å². The smallest absolute Gasteiger partial charge is 0.253 e. The summed E-state index contributed by atoms with van der Waals surface area (Å²) in [6, 6.07) is 14.7. The summed E-state index contributed by atoms with van der Waals surface area (Å²) in [6.07, 6.45) is 1.65. The number of anilines is 1. The van der Waals surface area contributed by atoms with Crippen LogP contribution < -0.4 is 10.0 Å². The monoisotopic (exact) mass is 468 g/mol. The van der Waals surface area contributed by atoms with Gasteiger partial charge in [0.25, 0.3) is 5.91 Å². The Morgan fingerprint density at radius 3 is 2.39 bits per heavy atom. The van der Waals surface area contributed by atoms with Crippen LogP contribution in [0, 0.1) is 18.3 Å². The molecule has 1 aliphatic heterocycles. The molecular formula is C24H28N4O4S. The maximum absolute atomic E-state index is 13.1. The number of likely N-dealkylation sites (tertiary alicyclic amines) is 1. The van der Waals surface area contributed by atoms with Crippen molar-refractivity contribution in [2.45, 2.75) is 32.6 Å². The largest absolute Gasteiger partial charge is 0.355 e. The highest BCUT2D eigenvalue weighted by Gasteiger charge is 2.25. The number of hydrogen-bond donors (Lipinski definition) is 2. The van der Waals surface area contributed by atoms with Crippen molar-refractivity contribution in [2.75, 3.05) is 30.1 Å². The summed E-state index contributed by atoms with van der Waals surface area (Å²) in [4.78, 5) is 25.8. The van der Waals surface area contributed by atoms with Crippen LogP contribution in [0.25, 0.3) is 0 Å². The Morgan fingerprint density at radius 2 is 1.79 bits per heavy atom. The van der Waals surface area contributed by atoms with E-state index in [1.165, 1.54) is 12.5 Å². The van der Waals surface area contributed by atoms with E-state index in [0.717, 1.165) is 12.8 Å². The van der Waals surface area contributed by atoms with E-state index in [9.17, 15) is 18.0 Å². The van der Waals surface area contributed by atoms with E-state index in [1.807, 2.05) is 24.3 Å². The number of nitrogens with one attached hydrogen (secondary N) is 2. The van der Waals surface area contributed by atoms with E-state index in [4.69, 9.17) is 5.26 Å². The molecule has 1 saturated heterocycles. The van der Waals surface area contributed by atoms with Crippen molar-refractivity contribution in [3.63, 3.8) is 0 Å². The molecule has 0 bridgehead atoms. The first-order chi connectivity index (χ1) is 15.7. The van der Waals surface area contributed by atoms with Crippen LogP contribution in [0.15, 0.2) is 42.5 Å². The van der Waals surface area contributed by atoms with Gasteiger partial charge in [0.15, 0.2) is 0 Å². The Labute approximate surface area is 194 Å². The van der Waals surface area contributed by atoms with Gasteiger partial charge in [-0.05, 0) is 61.1 Å². The predicted molar refractivity (Wildman–Crippen MR) is 126 cm³/mol. The minimum absolute atomic E-state index is 0.0104. The van der Waals surface area contributed by atoms with Gasteiger partial charge in [-0.3, -0.25) is 14.3 Å². The van der Waals surface area contributed by atoms with Crippen molar-refractivity contribution < 1.29 is 18.0 Å². The van der Waals surface area contributed by atoms with Crippen molar-refractivity contribution in [1.82, 2.24) is 10.2 Å². The second-order valence-corrected chi connectivity index (χ2v) is 10.1. The van der Waals surface area contributed by atoms with Gasteiger partial charge in [-0.2, -0.15) is 5.26 Å². The number of sulfonamides is 1. The molecule has 2 N–H and O–H groups in total. The van der Waals surface area contributed by atoms with Crippen molar-refractivity contribution in [3.8, 4) is 6.07 Å². The maximum atomic E-state index is 13.1. The van der Waals surface area contributed by atoms with E-state index < -0.39 is 10.0 Å². The molecule has 33 heavy (non-hydrogen) atoms. The highest BCUT2D eigenvalue weighted by atomic mass is 32.2. The maximum Gasteiger partial charge on any atom is 0.253 e. The zero-order valence-electron chi connectivity index (χ0n) is 18.8. The first-order valence-corrected chi connectivity index (χ1v) is 12.5. The average Bonchev–Trinajstić information content (AvgIpc) is 2.79. The third kappa shape index (κ3) is 6.56. The van der Waals surface area contributed by atoms with Gasteiger partial charge in [-0.25, -0.2) is 8.42 Å². The molecule has 2 aromatic carbocycles. The standard InChI is InChI=1S/C24H28N4O4S/c1-17-3-6-22(15-23(17)27-33(31,32)14-11-26-18(2)29)24(30)28-12-9-21(10-13-28)20-7-4-19(16-25)5-8-20/h3-8,15,21,27H,9-14H2,1-2H3,(H,26,29). The van der Waals surface area contributed by atoms with Crippen LogP contribution in [0.5, 0.6) is 0 Å². The Bertz CT molecular complexity index is 1160. The summed E-state index contributed by atoms with van der Waals surface area (Å²) in [6.45, 7) is 4.32. The molecule has 0 spiro atoms. The predicted octanol–water partition coefficient (Wildman–Crippen LogP) is 2.76. The average molecular weight is 469 g/mol. The molecule has 0 aliphatic carbocycles. The fraction of sp³-hybridized carbons (Fsp3) is 0.375. The number of rotatable bonds is 7. The number of aryl methyl sites for hydroxylation is 1. The summed E-state index contributed by atoms with van der Waals surface area (Å²) in [5.74, 6) is -0.345. The lowest BCUT2D eigenvalue weighted by Crippen LogP contribution is -2.38. The number of hydrogen-bond acceptors (Lipinski definition) is 5. The van der Waals surface area contributed by atoms with Gasteiger partial charge in [0.2, 0.25) is 15.9 Å². The van der Waals surface area contributed by atoms with Crippen LogP contribution in [-0.4, -0.2) is 50.5 Å². The molecule has 0 radical (unpaired) electrons. The number of nitriles is 1.